The zero-order valence-electron chi connectivity index (χ0n) is 22.1. The van der Waals surface area contributed by atoms with Crippen molar-refractivity contribution in [1.82, 2.24) is 5.32 Å². The molecule has 3 heteroatoms. The average Bonchev–Trinajstić information content (AvgIpc) is 2.78. The molecule has 0 aromatic rings. The van der Waals surface area contributed by atoms with Crippen molar-refractivity contribution in [2.45, 2.75) is 162 Å². The van der Waals surface area contributed by atoms with Crippen molar-refractivity contribution < 1.29 is 9.90 Å². The fourth-order valence-corrected chi connectivity index (χ4v) is 4.56. The molecule has 0 aliphatic rings. The molecule has 0 heterocycles. The smallest absolute Gasteiger partial charge is 0.307 e. The van der Waals surface area contributed by atoms with Crippen LogP contribution in [0, 0.1) is 5.92 Å². The zero-order chi connectivity index (χ0) is 23.5. The van der Waals surface area contributed by atoms with Crippen LogP contribution >= 0.6 is 0 Å². The highest BCUT2D eigenvalue weighted by atomic mass is 16.4. The molecule has 0 radical (unpaired) electrons. The van der Waals surface area contributed by atoms with Gasteiger partial charge in [0, 0.05) is 6.54 Å². The van der Waals surface area contributed by atoms with Crippen LogP contribution in [0.4, 0.5) is 0 Å². The number of rotatable bonds is 27. The van der Waals surface area contributed by atoms with Gasteiger partial charge in [0.1, 0.15) is 0 Å². The van der Waals surface area contributed by atoms with E-state index >= 15 is 0 Å². The highest BCUT2D eigenvalue weighted by Gasteiger charge is 2.16. The summed E-state index contributed by atoms with van der Waals surface area (Å²) in [5, 5.41) is 12.9. The SMILES string of the molecule is CCCCCCCCCCCCCCNCC(CCCCCCCCCCCC)C(=O)O. The van der Waals surface area contributed by atoms with Crippen LogP contribution in [0.15, 0.2) is 0 Å². The van der Waals surface area contributed by atoms with Gasteiger partial charge in [-0.1, -0.05) is 149 Å². The van der Waals surface area contributed by atoms with Crippen LogP contribution in [0.1, 0.15) is 162 Å². The summed E-state index contributed by atoms with van der Waals surface area (Å²) in [5.41, 5.74) is 0. The Morgan fingerprint density at radius 2 is 0.906 bits per heavy atom. The van der Waals surface area contributed by atoms with Gasteiger partial charge < -0.3 is 10.4 Å². The van der Waals surface area contributed by atoms with E-state index in [0.717, 1.165) is 19.4 Å². The summed E-state index contributed by atoms with van der Waals surface area (Å²) in [7, 11) is 0. The maximum Gasteiger partial charge on any atom is 0.307 e. The molecule has 0 rings (SSSR count). The summed E-state index contributed by atoms with van der Waals surface area (Å²) in [4.78, 5) is 11.5. The van der Waals surface area contributed by atoms with E-state index in [4.69, 9.17) is 0 Å². The molecule has 0 amide bonds. The minimum atomic E-state index is -0.622. The standard InChI is InChI=1S/C29H59NO2/c1-3-5-7-9-11-13-15-16-18-20-22-24-26-30-27-28(29(31)32)25-23-21-19-17-14-12-10-8-6-4-2/h28,30H,3-27H2,1-2H3,(H,31,32). The van der Waals surface area contributed by atoms with Crippen LogP contribution in [0.5, 0.6) is 0 Å². The molecule has 0 saturated carbocycles. The summed E-state index contributed by atoms with van der Waals surface area (Å²) in [6.07, 6.45) is 30.3. The third-order valence-electron chi connectivity index (χ3n) is 6.85. The maximum absolute atomic E-state index is 11.5. The van der Waals surface area contributed by atoms with E-state index < -0.39 is 5.97 Å². The normalized spacial score (nSPS) is 12.3. The first-order valence-electron chi connectivity index (χ1n) is 14.7. The van der Waals surface area contributed by atoms with Gasteiger partial charge in [-0.25, -0.2) is 0 Å². The Morgan fingerprint density at radius 1 is 0.562 bits per heavy atom. The monoisotopic (exact) mass is 453 g/mol. The third-order valence-corrected chi connectivity index (χ3v) is 6.85. The minimum absolute atomic E-state index is 0.207. The van der Waals surface area contributed by atoms with Crippen LogP contribution in [0.3, 0.4) is 0 Å². The van der Waals surface area contributed by atoms with E-state index in [2.05, 4.69) is 19.2 Å². The van der Waals surface area contributed by atoms with Gasteiger partial charge in [0.25, 0.3) is 0 Å². The highest BCUT2D eigenvalue weighted by Crippen LogP contribution is 2.15. The molecule has 0 saturated heterocycles. The molecule has 0 fully saturated rings. The van der Waals surface area contributed by atoms with Crippen LogP contribution in [-0.4, -0.2) is 24.2 Å². The van der Waals surface area contributed by atoms with Crippen molar-refractivity contribution >= 4 is 5.97 Å². The topological polar surface area (TPSA) is 49.3 Å². The Kier molecular flexibility index (Phi) is 26.2. The minimum Gasteiger partial charge on any atom is -0.481 e. The van der Waals surface area contributed by atoms with E-state index in [0.29, 0.717) is 6.54 Å². The molecule has 0 bridgehead atoms. The Bertz CT molecular complexity index is 372. The molecule has 0 aliphatic carbocycles. The molecule has 1 atom stereocenters. The molecule has 2 N–H and O–H groups in total. The van der Waals surface area contributed by atoms with E-state index in [1.165, 1.54) is 135 Å². The van der Waals surface area contributed by atoms with Gasteiger partial charge in [0.05, 0.1) is 5.92 Å². The highest BCUT2D eigenvalue weighted by molar-refractivity contribution is 5.70. The second-order valence-electron chi connectivity index (χ2n) is 10.1. The van der Waals surface area contributed by atoms with Gasteiger partial charge in [0.15, 0.2) is 0 Å². The second-order valence-corrected chi connectivity index (χ2v) is 10.1. The van der Waals surface area contributed by atoms with Gasteiger partial charge in [0.2, 0.25) is 0 Å². The number of hydrogen-bond acceptors (Lipinski definition) is 2. The molecular formula is C29H59NO2. The summed E-state index contributed by atoms with van der Waals surface area (Å²) in [5.74, 6) is -0.829. The van der Waals surface area contributed by atoms with E-state index in [1.807, 2.05) is 0 Å². The van der Waals surface area contributed by atoms with Crippen molar-refractivity contribution in [1.29, 1.82) is 0 Å². The lowest BCUT2D eigenvalue weighted by Gasteiger charge is -2.13. The summed E-state index contributed by atoms with van der Waals surface area (Å²) >= 11 is 0. The summed E-state index contributed by atoms with van der Waals surface area (Å²) in [6.45, 7) is 6.16. The number of carbonyl (C=O) groups is 1. The third kappa shape index (κ3) is 24.1. The lowest BCUT2D eigenvalue weighted by atomic mass is 9.99. The Labute approximate surface area is 201 Å². The molecule has 192 valence electrons. The number of nitrogens with one attached hydrogen (secondary N) is 1. The number of carboxylic acid groups (broad SMARTS) is 1. The predicted molar refractivity (Wildman–Crippen MR) is 142 cm³/mol. The molecule has 0 aromatic heterocycles. The van der Waals surface area contributed by atoms with Crippen LogP contribution < -0.4 is 5.32 Å². The molecule has 0 aromatic carbocycles. The number of carboxylic acids is 1. The van der Waals surface area contributed by atoms with Crippen molar-refractivity contribution in [2.24, 2.45) is 5.92 Å². The van der Waals surface area contributed by atoms with Crippen LogP contribution in [-0.2, 0) is 4.79 Å². The van der Waals surface area contributed by atoms with Crippen LogP contribution in [0.25, 0.3) is 0 Å². The Balaban J connectivity index is 3.41. The van der Waals surface area contributed by atoms with E-state index in [-0.39, 0.29) is 5.92 Å². The first-order valence-corrected chi connectivity index (χ1v) is 14.7. The van der Waals surface area contributed by atoms with Gasteiger partial charge in [-0.15, -0.1) is 0 Å². The fraction of sp³-hybridized carbons (Fsp3) is 0.966. The Hall–Kier alpha value is -0.570. The number of hydrogen-bond donors (Lipinski definition) is 2. The molecule has 0 aliphatic heterocycles. The van der Waals surface area contributed by atoms with Crippen molar-refractivity contribution in [3.63, 3.8) is 0 Å². The molecule has 3 nitrogen and oxygen atoms in total. The van der Waals surface area contributed by atoms with Crippen molar-refractivity contribution in [3.05, 3.63) is 0 Å². The lowest BCUT2D eigenvalue weighted by molar-refractivity contribution is -0.141. The maximum atomic E-state index is 11.5. The van der Waals surface area contributed by atoms with Gasteiger partial charge >= 0.3 is 5.97 Å². The number of unbranched alkanes of at least 4 members (excludes halogenated alkanes) is 20. The van der Waals surface area contributed by atoms with Crippen molar-refractivity contribution in [2.75, 3.05) is 13.1 Å². The van der Waals surface area contributed by atoms with Gasteiger partial charge in [-0.3, -0.25) is 4.79 Å². The predicted octanol–water partition coefficient (Wildman–Crippen LogP) is 9.29. The molecule has 0 spiro atoms. The zero-order valence-corrected chi connectivity index (χ0v) is 22.1. The number of aliphatic carboxylic acids is 1. The lowest BCUT2D eigenvalue weighted by Crippen LogP contribution is -2.29. The Morgan fingerprint density at radius 3 is 1.28 bits per heavy atom. The molecule has 1 unspecified atom stereocenters. The van der Waals surface area contributed by atoms with E-state index in [9.17, 15) is 9.90 Å². The average molecular weight is 454 g/mol. The summed E-state index contributed by atoms with van der Waals surface area (Å²) in [6, 6.07) is 0. The van der Waals surface area contributed by atoms with Crippen molar-refractivity contribution in [3.8, 4) is 0 Å². The molecule has 32 heavy (non-hydrogen) atoms. The molecular weight excluding hydrogens is 394 g/mol. The quantitative estimate of drug-likeness (QED) is 0.122. The first-order chi connectivity index (χ1) is 15.7. The van der Waals surface area contributed by atoms with Gasteiger partial charge in [-0.2, -0.15) is 0 Å². The summed E-state index contributed by atoms with van der Waals surface area (Å²) < 4.78 is 0. The largest absolute Gasteiger partial charge is 0.481 e. The van der Waals surface area contributed by atoms with Gasteiger partial charge in [-0.05, 0) is 19.4 Å². The first kappa shape index (κ1) is 31.4. The van der Waals surface area contributed by atoms with Crippen LogP contribution in [0.2, 0.25) is 0 Å². The second kappa shape index (κ2) is 26.7. The van der Waals surface area contributed by atoms with E-state index in [1.54, 1.807) is 0 Å². The fourth-order valence-electron chi connectivity index (χ4n) is 4.56.